The second-order valence-corrected chi connectivity index (χ2v) is 5.29. The number of para-hydroxylation sites is 1. The molecule has 2 aromatic carbocycles. The molecule has 0 unspecified atom stereocenters. The average Bonchev–Trinajstić information content (AvgIpc) is 2.64. The number of amides is 2. The Morgan fingerprint density at radius 3 is 2.50 bits per heavy atom. The van der Waals surface area contributed by atoms with E-state index in [1.54, 1.807) is 0 Å². The van der Waals surface area contributed by atoms with Gasteiger partial charge in [0.2, 0.25) is 0 Å². The van der Waals surface area contributed by atoms with Crippen LogP contribution < -0.4 is 10.2 Å². The van der Waals surface area contributed by atoms with Crippen molar-refractivity contribution in [1.82, 2.24) is 10.5 Å². The van der Waals surface area contributed by atoms with Gasteiger partial charge in [-0.3, -0.25) is 14.8 Å². The highest BCUT2D eigenvalue weighted by atomic mass is 19.4. The Balaban J connectivity index is 2.20. The molecule has 0 aliphatic rings. The fraction of sp³-hybridized carbons (Fsp3) is 0.118. The van der Waals surface area contributed by atoms with E-state index in [1.807, 2.05) is 0 Å². The molecule has 7 nitrogen and oxygen atoms in total. The van der Waals surface area contributed by atoms with Crippen LogP contribution in [-0.4, -0.2) is 41.7 Å². The van der Waals surface area contributed by atoms with E-state index < -0.39 is 35.3 Å². The lowest BCUT2D eigenvalue weighted by molar-refractivity contribution is -0.274. The Morgan fingerprint density at radius 1 is 1.21 bits per heavy atom. The number of nitrogens with one attached hydrogen (secondary N) is 1. The highest BCUT2D eigenvalue weighted by Gasteiger charge is 2.33. The first-order valence-electron chi connectivity index (χ1n) is 7.53. The van der Waals surface area contributed by atoms with Crippen molar-refractivity contribution in [2.45, 2.75) is 6.36 Å². The number of benzene rings is 2. The number of alkyl halides is 3. The van der Waals surface area contributed by atoms with Gasteiger partial charge in [-0.25, -0.2) is 14.9 Å². The summed E-state index contributed by atoms with van der Waals surface area (Å²) in [5.74, 6) is -3.41. The molecule has 0 saturated heterocycles. The largest absolute Gasteiger partial charge is 0.573 e. The maximum atomic E-state index is 14.0. The zero-order chi connectivity index (χ0) is 20.9. The maximum absolute atomic E-state index is 14.0. The van der Waals surface area contributed by atoms with Gasteiger partial charge in [0.05, 0.1) is 11.8 Å². The molecule has 0 aromatic heterocycles. The summed E-state index contributed by atoms with van der Waals surface area (Å²) in [6.07, 6.45) is -4.04. The van der Waals surface area contributed by atoms with Crippen molar-refractivity contribution in [3.63, 3.8) is 0 Å². The second-order valence-electron chi connectivity index (χ2n) is 5.29. The van der Waals surface area contributed by atoms with Crippen LogP contribution in [0, 0.1) is 5.82 Å². The Bertz CT molecular complexity index is 916. The smallest absolute Gasteiger partial charge is 0.405 e. The summed E-state index contributed by atoms with van der Waals surface area (Å²) >= 11 is 0. The van der Waals surface area contributed by atoms with E-state index in [-0.39, 0.29) is 11.1 Å². The molecule has 0 atom stereocenters. The number of hydrazone groups is 1. The van der Waals surface area contributed by atoms with E-state index in [9.17, 15) is 27.2 Å². The van der Waals surface area contributed by atoms with Crippen molar-refractivity contribution in [1.29, 1.82) is 0 Å². The van der Waals surface area contributed by atoms with Crippen molar-refractivity contribution in [3.8, 4) is 5.75 Å². The first-order valence-corrected chi connectivity index (χ1v) is 7.53. The van der Waals surface area contributed by atoms with Crippen molar-refractivity contribution in [3.05, 3.63) is 65.0 Å². The van der Waals surface area contributed by atoms with Crippen LogP contribution in [0.3, 0.4) is 0 Å². The van der Waals surface area contributed by atoms with Gasteiger partial charge in [-0.15, -0.1) is 13.2 Å². The summed E-state index contributed by atoms with van der Waals surface area (Å²) in [5.41, 5.74) is 0.699. The summed E-state index contributed by atoms with van der Waals surface area (Å²) < 4.78 is 55.1. The average molecular weight is 399 g/mol. The standard InChI is InChI=1S/C17H13F4N3O4/c1-24(16(26)12-4-2-3-5-14(12)28-17(19,20)21)22-9-11-7-6-10(8-13(11)18)15(25)23-27/h2-9,27H,1H3,(H,23,25)/b22-9+. The lowest BCUT2D eigenvalue weighted by atomic mass is 10.1. The lowest BCUT2D eigenvalue weighted by Gasteiger charge is -2.15. The Kier molecular flexibility index (Phi) is 6.31. The van der Waals surface area contributed by atoms with Crippen molar-refractivity contribution < 1.29 is 37.1 Å². The van der Waals surface area contributed by atoms with Crippen molar-refractivity contribution >= 4 is 18.0 Å². The highest BCUT2D eigenvalue weighted by Crippen LogP contribution is 2.27. The highest BCUT2D eigenvalue weighted by molar-refractivity contribution is 5.97. The van der Waals surface area contributed by atoms with Gasteiger partial charge in [0.1, 0.15) is 11.6 Å². The predicted molar refractivity (Wildman–Crippen MR) is 88.5 cm³/mol. The summed E-state index contributed by atoms with van der Waals surface area (Å²) in [4.78, 5) is 23.5. The summed E-state index contributed by atoms with van der Waals surface area (Å²) in [5, 5.41) is 12.9. The SMILES string of the molecule is CN(/N=C/c1ccc(C(=O)NO)cc1F)C(=O)c1ccccc1OC(F)(F)F. The third-order valence-electron chi connectivity index (χ3n) is 3.37. The molecule has 28 heavy (non-hydrogen) atoms. The number of hydrogen-bond donors (Lipinski definition) is 2. The monoisotopic (exact) mass is 399 g/mol. The molecular weight excluding hydrogens is 386 g/mol. The Morgan fingerprint density at radius 2 is 1.89 bits per heavy atom. The first kappa shape index (κ1) is 20.8. The van der Waals surface area contributed by atoms with Gasteiger partial charge < -0.3 is 4.74 Å². The zero-order valence-electron chi connectivity index (χ0n) is 14.2. The van der Waals surface area contributed by atoms with E-state index in [0.29, 0.717) is 5.01 Å². The number of rotatable bonds is 5. The third-order valence-corrected chi connectivity index (χ3v) is 3.37. The van der Waals surface area contributed by atoms with Crippen LogP contribution in [-0.2, 0) is 0 Å². The molecule has 2 N–H and O–H groups in total. The van der Waals surface area contributed by atoms with Gasteiger partial charge in [0.25, 0.3) is 11.8 Å². The third kappa shape index (κ3) is 5.27. The van der Waals surface area contributed by atoms with Crippen LogP contribution in [0.5, 0.6) is 5.75 Å². The quantitative estimate of drug-likeness (QED) is 0.350. The molecule has 148 valence electrons. The zero-order valence-corrected chi connectivity index (χ0v) is 14.2. The van der Waals surface area contributed by atoms with Crippen molar-refractivity contribution in [2.75, 3.05) is 7.05 Å². The summed E-state index contributed by atoms with van der Waals surface area (Å²) in [6, 6.07) is 7.91. The van der Waals surface area contributed by atoms with Gasteiger partial charge in [0.15, 0.2) is 0 Å². The molecule has 0 heterocycles. The van der Waals surface area contributed by atoms with Gasteiger partial charge in [-0.05, 0) is 30.3 Å². The molecule has 11 heteroatoms. The molecule has 0 saturated carbocycles. The number of hydrogen-bond acceptors (Lipinski definition) is 5. The predicted octanol–water partition coefficient (Wildman–Crippen LogP) is 2.95. The number of carbonyl (C=O) groups excluding carboxylic acids is 2. The van der Waals surface area contributed by atoms with E-state index >= 15 is 0 Å². The minimum atomic E-state index is -4.98. The van der Waals surface area contributed by atoms with Gasteiger partial charge >= 0.3 is 6.36 Å². The molecule has 2 amide bonds. The van der Waals surface area contributed by atoms with E-state index in [0.717, 1.165) is 31.5 Å². The van der Waals surface area contributed by atoms with E-state index in [2.05, 4.69) is 9.84 Å². The van der Waals surface area contributed by atoms with E-state index in [4.69, 9.17) is 5.21 Å². The molecule has 0 bridgehead atoms. The normalized spacial score (nSPS) is 11.4. The summed E-state index contributed by atoms with van der Waals surface area (Å²) in [7, 11) is 1.16. The van der Waals surface area contributed by atoms with Crippen LogP contribution >= 0.6 is 0 Å². The minimum absolute atomic E-state index is 0.103. The number of carbonyl (C=O) groups is 2. The van der Waals surface area contributed by atoms with E-state index in [1.165, 1.54) is 29.7 Å². The summed E-state index contributed by atoms with van der Waals surface area (Å²) in [6.45, 7) is 0. The lowest BCUT2D eigenvalue weighted by Crippen LogP contribution is -2.24. The second kappa shape index (κ2) is 8.48. The molecule has 2 aromatic rings. The van der Waals surface area contributed by atoms with Gasteiger partial charge in [-0.1, -0.05) is 12.1 Å². The molecule has 0 aliphatic carbocycles. The van der Waals surface area contributed by atoms with Gasteiger partial charge in [-0.2, -0.15) is 5.10 Å². The number of ether oxygens (including phenoxy) is 1. The van der Waals surface area contributed by atoms with Crippen LogP contribution in [0.2, 0.25) is 0 Å². The maximum Gasteiger partial charge on any atom is 0.573 e. The van der Waals surface area contributed by atoms with Crippen LogP contribution in [0.25, 0.3) is 0 Å². The Hall–Kier alpha value is -3.47. The molecule has 0 fully saturated rings. The van der Waals surface area contributed by atoms with Gasteiger partial charge in [0, 0.05) is 18.2 Å². The molecule has 2 rings (SSSR count). The number of halogens is 4. The fourth-order valence-electron chi connectivity index (χ4n) is 2.07. The molecular formula is C17H13F4N3O4. The molecule has 0 spiro atoms. The van der Waals surface area contributed by atoms with Crippen molar-refractivity contribution in [2.24, 2.45) is 5.10 Å². The topological polar surface area (TPSA) is 91.2 Å². The van der Waals surface area contributed by atoms with Crippen LogP contribution in [0.15, 0.2) is 47.6 Å². The number of nitrogens with zero attached hydrogens (tertiary/aromatic N) is 2. The minimum Gasteiger partial charge on any atom is -0.405 e. The van der Waals surface area contributed by atoms with Crippen LogP contribution in [0.1, 0.15) is 26.3 Å². The van der Waals surface area contributed by atoms with Crippen LogP contribution in [0.4, 0.5) is 17.6 Å². The molecule has 0 aliphatic heterocycles. The molecule has 0 radical (unpaired) electrons. The number of hydroxylamine groups is 1. The Labute approximate surface area is 155 Å². The fourth-order valence-corrected chi connectivity index (χ4v) is 2.07. The first-order chi connectivity index (χ1) is 13.1.